The van der Waals surface area contributed by atoms with Crippen LogP contribution in [-0.2, 0) is 0 Å². The van der Waals surface area contributed by atoms with E-state index in [1.54, 1.807) is 13.0 Å². The first-order chi connectivity index (χ1) is 6.29. The molecule has 2 aromatic heterocycles. The molecular formula is C10H8O2S. The van der Waals surface area contributed by atoms with E-state index < -0.39 is 0 Å². The summed E-state index contributed by atoms with van der Waals surface area (Å²) in [6.45, 7) is 1.79. The third-order valence-corrected chi connectivity index (χ3v) is 2.57. The van der Waals surface area contributed by atoms with Crippen LogP contribution >= 0.6 is 11.3 Å². The number of carbonyl (C=O) groups is 1. The van der Waals surface area contributed by atoms with Crippen LogP contribution in [0.25, 0.3) is 0 Å². The van der Waals surface area contributed by atoms with Gasteiger partial charge in [-0.15, -0.1) is 0 Å². The second kappa shape index (κ2) is 3.18. The Labute approximate surface area is 79.8 Å². The van der Waals surface area contributed by atoms with Gasteiger partial charge in [0.1, 0.15) is 5.76 Å². The first-order valence-electron chi connectivity index (χ1n) is 3.90. The summed E-state index contributed by atoms with van der Waals surface area (Å²) < 4.78 is 5.07. The molecule has 0 saturated carbocycles. The van der Waals surface area contributed by atoms with Crippen molar-refractivity contribution in [2.45, 2.75) is 6.92 Å². The molecule has 13 heavy (non-hydrogen) atoms. The summed E-state index contributed by atoms with van der Waals surface area (Å²) in [5.74, 6) is 0.712. The fourth-order valence-corrected chi connectivity index (χ4v) is 1.81. The monoisotopic (exact) mass is 192 g/mol. The lowest BCUT2D eigenvalue weighted by Gasteiger charge is -1.93. The lowest BCUT2D eigenvalue weighted by Crippen LogP contribution is -1.98. The van der Waals surface area contributed by atoms with Crippen molar-refractivity contribution in [3.05, 3.63) is 46.0 Å². The maximum absolute atomic E-state index is 11.7. The summed E-state index contributed by atoms with van der Waals surface area (Å²) in [4.78, 5) is 11.7. The Balaban J connectivity index is 2.39. The highest BCUT2D eigenvalue weighted by Crippen LogP contribution is 2.16. The van der Waals surface area contributed by atoms with Crippen molar-refractivity contribution in [1.29, 1.82) is 0 Å². The predicted molar refractivity (Wildman–Crippen MR) is 51.2 cm³/mol. The SMILES string of the molecule is Cc1occc1C(=O)c1ccsc1. The van der Waals surface area contributed by atoms with Crippen LogP contribution in [0.4, 0.5) is 0 Å². The molecule has 3 heteroatoms. The largest absolute Gasteiger partial charge is 0.469 e. The summed E-state index contributed by atoms with van der Waals surface area (Å²) in [5, 5.41) is 3.73. The van der Waals surface area contributed by atoms with E-state index in [4.69, 9.17) is 4.42 Å². The van der Waals surface area contributed by atoms with Gasteiger partial charge in [0, 0.05) is 10.9 Å². The summed E-state index contributed by atoms with van der Waals surface area (Å²) in [6, 6.07) is 3.52. The van der Waals surface area contributed by atoms with Gasteiger partial charge >= 0.3 is 0 Å². The zero-order chi connectivity index (χ0) is 9.26. The molecule has 2 heterocycles. The average Bonchev–Trinajstić information content (AvgIpc) is 2.72. The van der Waals surface area contributed by atoms with Crippen LogP contribution in [0, 0.1) is 6.92 Å². The topological polar surface area (TPSA) is 30.2 Å². The number of thiophene rings is 1. The molecule has 66 valence electrons. The van der Waals surface area contributed by atoms with E-state index in [2.05, 4.69) is 0 Å². The minimum atomic E-state index is 0.0347. The Morgan fingerprint density at radius 1 is 1.46 bits per heavy atom. The normalized spacial score (nSPS) is 10.2. The molecule has 0 amide bonds. The maximum atomic E-state index is 11.7. The van der Waals surface area contributed by atoms with Gasteiger partial charge < -0.3 is 4.42 Å². The molecule has 0 fully saturated rings. The molecule has 0 aliphatic heterocycles. The molecule has 0 atom stereocenters. The zero-order valence-corrected chi connectivity index (χ0v) is 7.93. The third-order valence-electron chi connectivity index (χ3n) is 1.89. The molecule has 0 saturated heterocycles. The summed E-state index contributed by atoms with van der Waals surface area (Å²) in [5.41, 5.74) is 1.38. The molecule has 0 spiro atoms. The minimum Gasteiger partial charge on any atom is -0.469 e. The second-order valence-electron chi connectivity index (χ2n) is 2.73. The molecule has 0 aromatic carbocycles. The van der Waals surface area contributed by atoms with Crippen LogP contribution in [0.5, 0.6) is 0 Å². The van der Waals surface area contributed by atoms with E-state index in [9.17, 15) is 4.79 Å². The van der Waals surface area contributed by atoms with Crippen molar-refractivity contribution in [1.82, 2.24) is 0 Å². The van der Waals surface area contributed by atoms with E-state index >= 15 is 0 Å². The number of aryl methyl sites for hydroxylation is 1. The fourth-order valence-electron chi connectivity index (χ4n) is 1.17. The van der Waals surface area contributed by atoms with Crippen LogP contribution in [0.1, 0.15) is 21.7 Å². The van der Waals surface area contributed by atoms with E-state index in [1.165, 1.54) is 17.6 Å². The smallest absolute Gasteiger partial charge is 0.197 e. The third kappa shape index (κ3) is 1.42. The second-order valence-corrected chi connectivity index (χ2v) is 3.51. The minimum absolute atomic E-state index is 0.0347. The lowest BCUT2D eigenvalue weighted by molar-refractivity contribution is 0.103. The van der Waals surface area contributed by atoms with Crippen LogP contribution in [-0.4, -0.2) is 5.78 Å². The molecule has 2 aromatic rings. The van der Waals surface area contributed by atoms with Gasteiger partial charge in [0.15, 0.2) is 5.78 Å². The summed E-state index contributed by atoms with van der Waals surface area (Å²) in [7, 11) is 0. The van der Waals surface area contributed by atoms with Gasteiger partial charge in [0.05, 0.1) is 11.8 Å². The van der Waals surface area contributed by atoms with Crippen molar-refractivity contribution in [2.75, 3.05) is 0 Å². The van der Waals surface area contributed by atoms with Crippen LogP contribution in [0.2, 0.25) is 0 Å². The van der Waals surface area contributed by atoms with Crippen LogP contribution in [0.3, 0.4) is 0 Å². The molecule has 0 radical (unpaired) electrons. The number of hydrogen-bond donors (Lipinski definition) is 0. The number of hydrogen-bond acceptors (Lipinski definition) is 3. The highest BCUT2D eigenvalue weighted by Gasteiger charge is 2.13. The quantitative estimate of drug-likeness (QED) is 0.685. The van der Waals surface area contributed by atoms with Gasteiger partial charge in [-0.1, -0.05) is 0 Å². The number of rotatable bonds is 2. The molecule has 0 aliphatic rings. The molecule has 2 rings (SSSR count). The zero-order valence-electron chi connectivity index (χ0n) is 7.11. The molecule has 0 unspecified atom stereocenters. The molecule has 0 bridgehead atoms. The van der Waals surface area contributed by atoms with Gasteiger partial charge in [0.25, 0.3) is 0 Å². The van der Waals surface area contributed by atoms with E-state index in [-0.39, 0.29) is 5.78 Å². The molecule has 0 N–H and O–H groups in total. The molecule has 2 nitrogen and oxygen atoms in total. The van der Waals surface area contributed by atoms with Crippen molar-refractivity contribution < 1.29 is 9.21 Å². The van der Waals surface area contributed by atoms with E-state index in [0.29, 0.717) is 11.3 Å². The Morgan fingerprint density at radius 2 is 2.31 bits per heavy atom. The standard InChI is InChI=1S/C10H8O2S/c1-7-9(2-4-12-7)10(11)8-3-5-13-6-8/h2-6H,1H3. The fraction of sp³-hybridized carbons (Fsp3) is 0.100. The maximum Gasteiger partial charge on any atom is 0.197 e. The Bertz CT molecular complexity index is 412. The molecular weight excluding hydrogens is 184 g/mol. The molecule has 0 aliphatic carbocycles. The number of carbonyl (C=O) groups excluding carboxylic acids is 1. The van der Waals surface area contributed by atoms with Crippen molar-refractivity contribution >= 4 is 17.1 Å². The highest BCUT2D eigenvalue weighted by molar-refractivity contribution is 7.08. The van der Waals surface area contributed by atoms with Crippen molar-refractivity contribution in [3.8, 4) is 0 Å². The van der Waals surface area contributed by atoms with Gasteiger partial charge in [-0.2, -0.15) is 11.3 Å². The Kier molecular flexibility index (Phi) is 2.02. The lowest BCUT2D eigenvalue weighted by atomic mass is 10.1. The Hall–Kier alpha value is -1.35. The first kappa shape index (κ1) is 8.26. The number of furan rings is 1. The average molecular weight is 192 g/mol. The predicted octanol–water partition coefficient (Wildman–Crippen LogP) is 2.88. The van der Waals surface area contributed by atoms with E-state index in [0.717, 1.165) is 5.56 Å². The summed E-state index contributed by atoms with van der Waals surface area (Å²) in [6.07, 6.45) is 1.54. The van der Waals surface area contributed by atoms with Gasteiger partial charge in [0.2, 0.25) is 0 Å². The first-order valence-corrected chi connectivity index (χ1v) is 4.84. The highest BCUT2D eigenvalue weighted by atomic mass is 32.1. The van der Waals surface area contributed by atoms with Gasteiger partial charge in [-0.05, 0) is 24.4 Å². The van der Waals surface area contributed by atoms with Gasteiger partial charge in [-0.3, -0.25) is 4.79 Å². The number of ketones is 1. The Morgan fingerprint density at radius 3 is 2.85 bits per heavy atom. The van der Waals surface area contributed by atoms with Crippen LogP contribution < -0.4 is 0 Å². The van der Waals surface area contributed by atoms with Crippen molar-refractivity contribution in [3.63, 3.8) is 0 Å². The van der Waals surface area contributed by atoms with E-state index in [1.807, 2.05) is 16.8 Å². The van der Waals surface area contributed by atoms with Crippen LogP contribution in [0.15, 0.2) is 33.6 Å². The van der Waals surface area contributed by atoms with Crippen molar-refractivity contribution in [2.24, 2.45) is 0 Å². The van der Waals surface area contributed by atoms with Gasteiger partial charge in [-0.25, -0.2) is 0 Å². The summed E-state index contributed by atoms with van der Waals surface area (Å²) >= 11 is 1.52.